The lowest BCUT2D eigenvalue weighted by Gasteiger charge is -2.05. The van der Waals surface area contributed by atoms with E-state index in [4.69, 9.17) is 9.84 Å². The van der Waals surface area contributed by atoms with Crippen molar-refractivity contribution in [2.45, 2.75) is 148 Å². The Balaban J connectivity index is 3.22. The lowest BCUT2D eigenvalue weighted by atomic mass is 10.1. The fourth-order valence-electron chi connectivity index (χ4n) is 3.86. The first-order valence-electron chi connectivity index (χ1n) is 13.7. The van der Waals surface area contributed by atoms with Gasteiger partial charge in [0.05, 0.1) is 6.61 Å². The van der Waals surface area contributed by atoms with Gasteiger partial charge in [-0.05, 0) is 44.9 Å². The van der Waals surface area contributed by atoms with Crippen molar-refractivity contribution < 1.29 is 19.4 Å². The Hall–Kier alpha value is -1.32. The van der Waals surface area contributed by atoms with E-state index in [0.717, 1.165) is 57.8 Å². The quantitative estimate of drug-likeness (QED) is 0.0854. The lowest BCUT2D eigenvalue weighted by molar-refractivity contribution is -0.144. The predicted molar refractivity (Wildman–Crippen MR) is 135 cm³/mol. The summed E-state index contributed by atoms with van der Waals surface area (Å²) in [7, 11) is 0. The van der Waals surface area contributed by atoms with Gasteiger partial charge in [0.2, 0.25) is 0 Å². The van der Waals surface area contributed by atoms with E-state index >= 15 is 0 Å². The van der Waals surface area contributed by atoms with E-state index in [0.29, 0.717) is 13.0 Å². The van der Waals surface area contributed by atoms with E-state index in [1.165, 1.54) is 70.6 Å². The van der Waals surface area contributed by atoms with Gasteiger partial charge in [-0.3, -0.25) is 9.59 Å². The van der Waals surface area contributed by atoms with E-state index < -0.39 is 5.97 Å². The van der Waals surface area contributed by atoms with Gasteiger partial charge in [0.1, 0.15) is 0 Å². The molecule has 0 bridgehead atoms. The fraction of sp³-hybridized carbons (Fsp3) is 0.857. The number of allylic oxidation sites excluding steroid dienone is 2. The maximum Gasteiger partial charge on any atom is 0.305 e. The van der Waals surface area contributed by atoms with Crippen LogP contribution in [-0.2, 0) is 14.3 Å². The zero-order valence-electron chi connectivity index (χ0n) is 21.1. The van der Waals surface area contributed by atoms with Gasteiger partial charge >= 0.3 is 11.9 Å². The molecule has 0 aliphatic heterocycles. The predicted octanol–water partition coefficient (Wildman–Crippen LogP) is 8.77. The number of unbranched alkanes of at least 4 members (excludes halogenated alkanes) is 17. The van der Waals surface area contributed by atoms with Crippen molar-refractivity contribution in [1.29, 1.82) is 0 Å². The molecule has 0 fully saturated rings. The summed E-state index contributed by atoms with van der Waals surface area (Å²) in [6.07, 6.45) is 29.2. The smallest absolute Gasteiger partial charge is 0.305 e. The second-order valence-electron chi connectivity index (χ2n) is 9.17. The molecule has 0 atom stereocenters. The summed E-state index contributed by atoms with van der Waals surface area (Å²) in [5.41, 5.74) is 0. The number of hydrogen-bond donors (Lipinski definition) is 1. The average Bonchev–Trinajstić information content (AvgIpc) is 2.77. The topological polar surface area (TPSA) is 63.6 Å². The summed E-state index contributed by atoms with van der Waals surface area (Å²) < 4.78 is 5.32. The highest BCUT2D eigenvalue weighted by Gasteiger charge is 2.02. The molecule has 0 aromatic rings. The molecular weight excluding hydrogens is 400 g/mol. The van der Waals surface area contributed by atoms with Crippen molar-refractivity contribution in [3.05, 3.63) is 12.2 Å². The Morgan fingerprint density at radius 3 is 1.56 bits per heavy atom. The van der Waals surface area contributed by atoms with E-state index in [-0.39, 0.29) is 12.4 Å². The number of carbonyl (C=O) groups excluding carboxylic acids is 1. The second-order valence-corrected chi connectivity index (χ2v) is 9.17. The van der Waals surface area contributed by atoms with Crippen molar-refractivity contribution >= 4 is 11.9 Å². The third-order valence-corrected chi connectivity index (χ3v) is 5.94. The Morgan fingerprint density at radius 2 is 1.03 bits per heavy atom. The molecule has 188 valence electrons. The molecule has 0 saturated carbocycles. The molecule has 0 radical (unpaired) electrons. The summed E-state index contributed by atoms with van der Waals surface area (Å²) in [6, 6.07) is 0. The van der Waals surface area contributed by atoms with Crippen LogP contribution >= 0.6 is 0 Å². The number of ether oxygens (including phenoxy) is 1. The van der Waals surface area contributed by atoms with Gasteiger partial charge in [0.15, 0.2) is 0 Å². The molecule has 4 nitrogen and oxygen atoms in total. The van der Waals surface area contributed by atoms with Crippen LogP contribution in [0.3, 0.4) is 0 Å². The molecule has 1 N–H and O–H groups in total. The van der Waals surface area contributed by atoms with E-state index in [2.05, 4.69) is 19.1 Å². The molecule has 0 spiro atoms. The van der Waals surface area contributed by atoms with Gasteiger partial charge in [-0.2, -0.15) is 0 Å². The average molecular weight is 453 g/mol. The molecule has 0 aromatic carbocycles. The highest BCUT2D eigenvalue weighted by Crippen LogP contribution is 2.11. The third-order valence-electron chi connectivity index (χ3n) is 5.94. The normalized spacial score (nSPS) is 11.3. The Kier molecular flexibility index (Phi) is 24.9. The Bertz CT molecular complexity index is 445. The standard InChI is InChI=1S/C28H52O4/c1-2-3-4-5-6-7-8-9-10-11-12-13-16-19-22-25-28(31)32-26-23-20-17-14-15-18-21-24-27(29)30/h9-10H,2-8,11-26H2,1H3,(H,29,30)/b10-9-. The minimum absolute atomic E-state index is 0.0451. The van der Waals surface area contributed by atoms with Crippen LogP contribution in [0.25, 0.3) is 0 Å². The first-order chi connectivity index (χ1) is 15.7. The number of hydrogen-bond acceptors (Lipinski definition) is 3. The number of rotatable bonds is 25. The number of esters is 1. The van der Waals surface area contributed by atoms with Gasteiger partial charge in [-0.25, -0.2) is 0 Å². The number of carbonyl (C=O) groups is 2. The molecule has 0 heterocycles. The van der Waals surface area contributed by atoms with Crippen LogP contribution in [0.1, 0.15) is 148 Å². The first kappa shape index (κ1) is 30.7. The van der Waals surface area contributed by atoms with Crippen LogP contribution in [0.2, 0.25) is 0 Å². The van der Waals surface area contributed by atoms with Crippen LogP contribution in [0, 0.1) is 0 Å². The molecule has 0 aliphatic rings. The van der Waals surface area contributed by atoms with Gasteiger partial charge in [0.25, 0.3) is 0 Å². The highest BCUT2D eigenvalue weighted by molar-refractivity contribution is 5.69. The van der Waals surface area contributed by atoms with Crippen LogP contribution < -0.4 is 0 Å². The van der Waals surface area contributed by atoms with Crippen LogP contribution in [0.4, 0.5) is 0 Å². The number of carboxylic acid groups (broad SMARTS) is 1. The molecular formula is C28H52O4. The molecule has 0 aliphatic carbocycles. The van der Waals surface area contributed by atoms with Crippen molar-refractivity contribution in [1.82, 2.24) is 0 Å². The van der Waals surface area contributed by atoms with Crippen LogP contribution in [0.15, 0.2) is 12.2 Å². The van der Waals surface area contributed by atoms with Crippen molar-refractivity contribution in [3.8, 4) is 0 Å². The maximum absolute atomic E-state index is 11.8. The van der Waals surface area contributed by atoms with E-state index in [9.17, 15) is 9.59 Å². The minimum atomic E-state index is -0.700. The van der Waals surface area contributed by atoms with Crippen LogP contribution in [-0.4, -0.2) is 23.7 Å². The van der Waals surface area contributed by atoms with Crippen molar-refractivity contribution in [3.63, 3.8) is 0 Å². The van der Waals surface area contributed by atoms with E-state index in [1.807, 2.05) is 0 Å². The van der Waals surface area contributed by atoms with Gasteiger partial charge in [0, 0.05) is 12.8 Å². The minimum Gasteiger partial charge on any atom is -0.481 e. The van der Waals surface area contributed by atoms with Gasteiger partial charge in [-0.1, -0.05) is 103 Å². The lowest BCUT2D eigenvalue weighted by Crippen LogP contribution is -2.05. The molecule has 32 heavy (non-hydrogen) atoms. The molecule has 4 heteroatoms. The summed E-state index contributed by atoms with van der Waals surface area (Å²) in [5, 5.41) is 8.58. The fourth-order valence-corrected chi connectivity index (χ4v) is 3.86. The molecule has 0 aromatic heterocycles. The Labute approximate surface area is 198 Å². The zero-order valence-corrected chi connectivity index (χ0v) is 21.1. The molecule has 0 saturated heterocycles. The highest BCUT2D eigenvalue weighted by atomic mass is 16.5. The first-order valence-corrected chi connectivity index (χ1v) is 13.7. The van der Waals surface area contributed by atoms with Crippen molar-refractivity contribution in [2.75, 3.05) is 6.61 Å². The van der Waals surface area contributed by atoms with Gasteiger partial charge < -0.3 is 9.84 Å². The second kappa shape index (κ2) is 25.9. The monoisotopic (exact) mass is 452 g/mol. The van der Waals surface area contributed by atoms with Crippen LogP contribution in [0.5, 0.6) is 0 Å². The summed E-state index contributed by atoms with van der Waals surface area (Å²) >= 11 is 0. The zero-order chi connectivity index (χ0) is 23.5. The molecule has 0 rings (SSSR count). The molecule has 0 amide bonds. The largest absolute Gasteiger partial charge is 0.481 e. The number of aliphatic carboxylic acids is 1. The summed E-state index contributed by atoms with van der Waals surface area (Å²) in [5.74, 6) is -0.745. The maximum atomic E-state index is 11.8. The Morgan fingerprint density at radius 1 is 0.594 bits per heavy atom. The number of carboxylic acids is 1. The third kappa shape index (κ3) is 26.7. The van der Waals surface area contributed by atoms with E-state index in [1.54, 1.807) is 0 Å². The van der Waals surface area contributed by atoms with Gasteiger partial charge in [-0.15, -0.1) is 0 Å². The SMILES string of the molecule is CCCCCCCC/C=C\CCCCCCCC(=O)OCCCCCCCCCC(=O)O. The summed E-state index contributed by atoms with van der Waals surface area (Å²) in [6.45, 7) is 2.81. The molecule has 0 unspecified atom stereocenters. The summed E-state index contributed by atoms with van der Waals surface area (Å²) in [4.78, 5) is 22.2. The van der Waals surface area contributed by atoms with Crippen molar-refractivity contribution in [2.24, 2.45) is 0 Å².